The molecule has 0 saturated heterocycles. The molecule has 2 heterocycles. The van der Waals surface area contributed by atoms with Crippen molar-refractivity contribution in [3.05, 3.63) is 60.2 Å². The van der Waals surface area contributed by atoms with Gasteiger partial charge < -0.3 is 9.13 Å². The lowest BCUT2D eigenvalue weighted by Gasteiger charge is -2.14. The summed E-state index contributed by atoms with van der Waals surface area (Å²) in [6, 6.07) is 20.9. The first kappa shape index (κ1) is 25.9. The molecule has 196 valence electrons. The van der Waals surface area contributed by atoms with Gasteiger partial charge in [0.15, 0.2) is 0 Å². The minimum Gasteiger partial charge on any atom is -0.340 e. The molecular formula is C35H46N2. The zero-order valence-corrected chi connectivity index (χ0v) is 23.5. The first-order valence-corrected chi connectivity index (χ1v) is 15.2. The highest BCUT2D eigenvalue weighted by molar-refractivity contribution is 6.20. The predicted octanol–water partition coefficient (Wildman–Crippen LogP) is 10.8. The van der Waals surface area contributed by atoms with E-state index in [-0.39, 0.29) is 0 Å². The Morgan fingerprint density at radius 2 is 1.08 bits per heavy atom. The van der Waals surface area contributed by atoms with Crippen LogP contribution in [0.25, 0.3) is 43.6 Å². The van der Waals surface area contributed by atoms with E-state index < -0.39 is 0 Å². The van der Waals surface area contributed by atoms with Crippen molar-refractivity contribution >= 4 is 43.6 Å². The van der Waals surface area contributed by atoms with Crippen LogP contribution in [0.3, 0.4) is 0 Å². The summed E-state index contributed by atoms with van der Waals surface area (Å²) in [4.78, 5) is 0. The Balaban J connectivity index is 1.78. The van der Waals surface area contributed by atoms with Gasteiger partial charge in [0, 0.05) is 45.7 Å². The van der Waals surface area contributed by atoms with E-state index >= 15 is 0 Å². The van der Waals surface area contributed by atoms with E-state index in [0.29, 0.717) is 0 Å². The Morgan fingerprint density at radius 3 is 1.76 bits per heavy atom. The number of nitrogens with zero attached hydrogens (tertiary/aromatic N) is 2. The van der Waals surface area contributed by atoms with Crippen LogP contribution >= 0.6 is 0 Å². The lowest BCUT2D eigenvalue weighted by Crippen LogP contribution is -2.02. The van der Waals surface area contributed by atoms with Gasteiger partial charge in [0.05, 0.1) is 11.0 Å². The molecule has 0 unspecified atom stereocenters. The van der Waals surface area contributed by atoms with Crippen molar-refractivity contribution < 1.29 is 0 Å². The molecule has 0 saturated carbocycles. The lowest BCUT2D eigenvalue weighted by molar-refractivity contribution is 0.600. The van der Waals surface area contributed by atoms with E-state index in [4.69, 9.17) is 0 Å². The molecule has 2 heteroatoms. The Labute approximate surface area is 223 Å². The molecule has 37 heavy (non-hydrogen) atoms. The zero-order valence-electron chi connectivity index (χ0n) is 23.5. The molecule has 5 rings (SSSR count). The fourth-order valence-electron chi connectivity index (χ4n) is 6.51. The second kappa shape index (κ2) is 12.2. The molecule has 0 N–H and O–H groups in total. The maximum Gasteiger partial charge on any atom is 0.0531 e. The number of benzene rings is 3. The van der Waals surface area contributed by atoms with E-state index in [1.807, 2.05) is 0 Å². The molecule has 0 atom stereocenters. The average Bonchev–Trinajstić information content (AvgIpc) is 3.42. The third-order valence-corrected chi connectivity index (χ3v) is 8.39. The van der Waals surface area contributed by atoms with Gasteiger partial charge in [0.1, 0.15) is 0 Å². The van der Waals surface area contributed by atoms with Gasteiger partial charge in [-0.05, 0) is 49.4 Å². The molecule has 0 aliphatic heterocycles. The standard InChI is InChI=1S/C35H46N2/c1-4-7-10-17-24-36-32-23-16-14-20-28(32)34-29(21-12-9-6-3)35-30(26-33(34)36)27-19-13-15-22-31(27)37(35)25-18-11-8-5-2/h13-16,19-20,22-23,26H,4-12,17-18,21,24-25H2,1-3H3. The summed E-state index contributed by atoms with van der Waals surface area (Å²) < 4.78 is 5.34. The number of aryl methyl sites for hydroxylation is 3. The quantitative estimate of drug-likeness (QED) is 0.136. The maximum atomic E-state index is 2.69. The van der Waals surface area contributed by atoms with Crippen LogP contribution in [-0.4, -0.2) is 9.13 Å². The van der Waals surface area contributed by atoms with Crippen LogP contribution < -0.4 is 0 Å². The molecule has 0 aliphatic carbocycles. The zero-order chi connectivity index (χ0) is 25.6. The monoisotopic (exact) mass is 494 g/mol. The van der Waals surface area contributed by atoms with Crippen molar-refractivity contribution in [3.63, 3.8) is 0 Å². The van der Waals surface area contributed by atoms with Gasteiger partial charge in [0.25, 0.3) is 0 Å². The van der Waals surface area contributed by atoms with Gasteiger partial charge in [-0.1, -0.05) is 109 Å². The van der Waals surface area contributed by atoms with E-state index in [9.17, 15) is 0 Å². The molecule has 5 aromatic rings. The SMILES string of the molecule is CCCCCCn1c2ccccc2c2c(CCCCC)c3c(cc21)c1ccccc1n3CCCCCC. The van der Waals surface area contributed by atoms with E-state index in [0.717, 1.165) is 19.5 Å². The highest BCUT2D eigenvalue weighted by atomic mass is 15.0. The Kier molecular flexibility index (Phi) is 8.54. The summed E-state index contributed by atoms with van der Waals surface area (Å²) in [6.45, 7) is 9.16. The van der Waals surface area contributed by atoms with Crippen molar-refractivity contribution in [3.8, 4) is 0 Å². The van der Waals surface area contributed by atoms with Crippen LogP contribution in [0.4, 0.5) is 0 Å². The summed E-state index contributed by atoms with van der Waals surface area (Å²) in [5, 5.41) is 5.86. The predicted molar refractivity (Wildman–Crippen MR) is 164 cm³/mol. The largest absolute Gasteiger partial charge is 0.340 e. The normalized spacial score (nSPS) is 12.1. The van der Waals surface area contributed by atoms with Gasteiger partial charge in [-0.3, -0.25) is 0 Å². The first-order valence-electron chi connectivity index (χ1n) is 15.2. The van der Waals surface area contributed by atoms with Crippen LogP contribution in [0.2, 0.25) is 0 Å². The fourth-order valence-corrected chi connectivity index (χ4v) is 6.51. The second-order valence-electron chi connectivity index (χ2n) is 11.1. The minimum absolute atomic E-state index is 1.11. The van der Waals surface area contributed by atoms with Crippen LogP contribution in [0.15, 0.2) is 54.6 Å². The molecule has 0 aliphatic rings. The molecule has 0 amide bonds. The smallest absolute Gasteiger partial charge is 0.0531 e. The number of para-hydroxylation sites is 2. The van der Waals surface area contributed by atoms with Gasteiger partial charge in [-0.2, -0.15) is 0 Å². The highest BCUT2D eigenvalue weighted by Gasteiger charge is 2.21. The van der Waals surface area contributed by atoms with Crippen molar-refractivity contribution in [2.45, 2.75) is 111 Å². The number of unbranched alkanes of at least 4 members (excludes halogenated alkanes) is 8. The topological polar surface area (TPSA) is 9.86 Å². The fraction of sp³-hybridized carbons (Fsp3) is 0.486. The summed E-state index contributed by atoms with van der Waals surface area (Å²) in [6.07, 6.45) is 15.4. The minimum atomic E-state index is 1.11. The Hall–Kier alpha value is -2.74. The van der Waals surface area contributed by atoms with E-state index in [1.54, 1.807) is 5.56 Å². The number of hydrogen-bond donors (Lipinski definition) is 0. The summed E-state index contributed by atoms with van der Waals surface area (Å²) >= 11 is 0. The van der Waals surface area contributed by atoms with Crippen LogP contribution in [-0.2, 0) is 19.5 Å². The van der Waals surface area contributed by atoms with Gasteiger partial charge in [-0.25, -0.2) is 0 Å². The Bertz CT molecular complexity index is 1460. The van der Waals surface area contributed by atoms with Gasteiger partial charge >= 0.3 is 0 Å². The van der Waals surface area contributed by atoms with Crippen molar-refractivity contribution in [2.75, 3.05) is 0 Å². The number of fused-ring (bicyclic) bond motifs is 6. The van der Waals surface area contributed by atoms with Crippen molar-refractivity contribution in [1.29, 1.82) is 0 Å². The van der Waals surface area contributed by atoms with Crippen molar-refractivity contribution in [1.82, 2.24) is 9.13 Å². The number of hydrogen-bond acceptors (Lipinski definition) is 0. The average molecular weight is 495 g/mol. The second-order valence-corrected chi connectivity index (χ2v) is 11.1. The highest BCUT2D eigenvalue weighted by Crippen LogP contribution is 2.41. The molecule has 3 aromatic carbocycles. The lowest BCUT2D eigenvalue weighted by atomic mass is 9.97. The summed E-state index contributed by atoms with van der Waals surface area (Å²) in [5.74, 6) is 0. The van der Waals surface area contributed by atoms with Crippen molar-refractivity contribution in [2.24, 2.45) is 0 Å². The van der Waals surface area contributed by atoms with E-state index in [1.165, 1.54) is 114 Å². The number of rotatable bonds is 14. The third kappa shape index (κ3) is 5.05. The van der Waals surface area contributed by atoms with Crippen LogP contribution in [0.1, 0.15) is 97.0 Å². The van der Waals surface area contributed by atoms with Gasteiger partial charge in [-0.15, -0.1) is 0 Å². The molecule has 0 bridgehead atoms. The summed E-state index contributed by atoms with van der Waals surface area (Å²) in [5.41, 5.74) is 7.38. The molecular weight excluding hydrogens is 448 g/mol. The van der Waals surface area contributed by atoms with Crippen LogP contribution in [0.5, 0.6) is 0 Å². The third-order valence-electron chi connectivity index (χ3n) is 8.39. The number of aromatic nitrogens is 2. The molecule has 2 nitrogen and oxygen atoms in total. The van der Waals surface area contributed by atoms with Gasteiger partial charge in [0.2, 0.25) is 0 Å². The maximum absolute atomic E-state index is 2.69. The molecule has 0 fully saturated rings. The van der Waals surface area contributed by atoms with Crippen LogP contribution in [0, 0.1) is 0 Å². The molecule has 0 radical (unpaired) electrons. The molecule has 0 spiro atoms. The first-order chi connectivity index (χ1) is 18.3. The Morgan fingerprint density at radius 1 is 0.514 bits per heavy atom. The summed E-state index contributed by atoms with van der Waals surface area (Å²) in [7, 11) is 0. The molecule has 2 aromatic heterocycles. The van der Waals surface area contributed by atoms with E-state index in [2.05, 4.69) is 84.5 Å².